The summed E-state index contributed by atoms with van der Waals surface area (Å²) in [5.41, 5.74) is 1.57. The third kappa shape index (κ3) is 5.21. The molecule has 0 bridgehead atoms. The van der Waals surface area contributed by atoms with Crippen molar-refractivity contribution in [3.8, 4) is 5.75 Å². The van der Waals surface area contributed by atoms with Crippen molar-refractivity contribution in [1.82, 2.24) is 10.2 Å². The van der Waals surface area contributed by atoms with E-state index in [9.17, 15) is 14.4 Å². The molecule has 2 aromatic rings. The van der Waals surface area contributed by atoms with Gasteiger partial charge in [0, 0.05) is 5.56 Å². The van der Waals surface area contributed by atoms with Crippen LogP contribution in [-0.2, 0) is 25.7 Å². The van der Waals surface area contributed by atoms with E-state index in [2.05, 4.69) is 5.32 Å². The number of nitrogens with zero attached hydrogens (tertiary/aromatic N) is 1. The highest BCUT2D eigenvalue weighted by Crippen LogP contribution is 2.45. The Labute approximate surface area is 208 Å². The highest BCUT2D eigenvalue weighted by Gasteiger charge is 2.56. The number of ether oxygens (including phenoxy) is 3. The van der Waals surface area contributed by atoms with Crippen LogP contribution >= 0.6 is 11.8 Å². The Morgan fingerprint density at radius 1 is 1.09 bits per heavy atom. The average Bonchev–Trinajstić information content (AvgIpc) is 2.87. The third-order valence-electron chi connectivity index (χ3n) is 5.71. The number of thioether (sulfide) groups is 1. The van der Waals surface area contributed by atoms with Gasteiger partial charge in [0.1, 0.15) is 34.9 Å². The van der Waals surface area contributed by atoms with Crippen molar-refractivity contribution in [1.29, 1.82) is 0 Å². The molecule has 4 rings (SSSR count). The van der Waals surface area contributed by atoms with Crippen molar-refractivity contribution in [3.63, 3.8) is 0 Å². The van der Waals surface area contributed by atoms with Crippen LogP contribution in [0.25, 0.3) is 0 Å². The van der Waals surface area contributed by atoms with Gasteiger partial charge in [0.25, 0.3) is 11.8 Å². The molecule has 1 N–H and O–H groups in total. The number of rotatable bonds is 8. The molecule has 0 spiro atoms. The Hall–Kier alpha value is -3.30. The van der Waals surface area contributed by atoms with Crippen LogP contribution in [0.5, 0.6) is 5.75 Å². The van der Waals surface area contributed by atoms with Gasteiger partial charge in [-0.25, -0.2) is 4.79 Å². The first-order valence-corrected chi connectivity index (χ1v) is 12.2. The molecule has 184 valence electrons. The van der Waals surface area contributed by atoms with E-state index in [0.29, 0.717) is 16.9 Å². The third-order valence-corrected chi connectivity index (χ3v) is 7.19. The normalized spacial score (nSPS) is 21.3. The number of esters is 1. The van der Waals surface area contributed by atoms with Gasteiger partial charge in [-0.3, -0.25) is 14.5 Å². The second-order valence-corrected chi connectivity index (χ2v) is 9.71. The van der Waals surface area contributed by atoms with E-state index in [1.54, 1.807) is 50.4 Å². The molecule has 0 radical (unpaired) electrons. The van der Waals surface area contributed by atoms with E-state index in [-0.39, 0.29) is 30.2 Å². The predicted molar refractivity (Wildman–Crippen MR) is 131 cm³/mol. The molecule has 1 saturated heterocycles. The number of benzene rings is 2. The lowest BCUT2D eigenvalue weighted by Crippen LogP contribution is -2.71. The highest BCUT2D eigenvalue weighted by atomic mass is 32.2. The number of carbonyl (C=O) groups excluding carboxylic acids is 3. The summed E-state index contributed by atoms with van der Waals surface area (Å²) < 4.78 is 16.8. The Morgan fingerprint density at radius 2 is 1.77 bits per heavy atom. The van der Waals surface area contributed by atoms with Gasteiger partial charge in [-0.15, -0.1) is 0 Å². The van der Waals surface area contributed by atoms with Gasteiger partial charge < -0.3 is 19.5 Å². The van der Waals surface area contributed by atoms with Gasteiger partial charge in [-0.2, -0.15) is 0 Å². The molecule has 35 heavy (non-hydrogen) atoms. The van der Waals surface area contributed by atoms with E-state index in [1.165, 1.54) is 16.7 Å². The molecule has 2 heterocycles. The Morgan fingerprint density at radius 3 is 2.40 bits per heavy atom. The molecule has 0 saturated carbocycles. The molecule has 2 amide bonds. The first-order valence-electron chi connectivity index (χ1n) is 11.3. The Balaban J connectivity index is 1.52. The van der Waals surface area contributed by atoms with Gasteiger partial charge in [-0.05, 0) is 56.2 Å². The van der Waals surface area contributed by atoms with Crippen LogP contribution < -0.4 is 10.1 Å². The Kier molecular flexibility index (Phi) is 7.47. The van der Waals surface area contributed by atoms with Crippen LogP contribution in [0.1, 0.15) is 36.7 Å². The summed E-state index contributed by atoms with van der Waals surface area (Å²) in [6, 6.07) is 15.1. The monoisotopic (exact) mass is 496 g/mol. The minimum absolute atomic E-state index is 0.0450. The van der Waals surface area contributed by atoms with E-state index in [1.807, 2.05) is 32.0 Å². The molecule has 0 aromatic heterocycles. The fraction of sp³-hybridized carbons (Fsp3) is 0.346. The Bertz CT molecular complexity index is 1130. The molecule has 8 nitrogen and oxygen atoms in total. The smallest absolute Gasteiger partial charge is 0.355 e. The van der Waals surface area contributed by atoms with Crippen molar-refractivity contribution in [3.05, 3.63) is 77.0 Å². The first kappa shape index (κ1) is 24.8. The largest absolute Gasteiger partial charge is 0.497 e. The summed E-state index contributed by atoms with van der Waals surface area (Å²) >= 11 is 1.40. The van der Waals surface area contributed by atoms with E-state index >= 15 is 0 Å². The predicted octanol–water partition coefficient (Wildman–Crippen LogP) is 3.48. The zero-order valence-corrected chi connectivity index (χ0v) is 20.8. The summed E-state index contributed by atoms with van der Waals surface area (Å²) in [5.74, 6) is -0.609. The summed E-state index contributed by atoms with van der Waals surface area (Å²) in [7, 11) is 1.58. The molecular formula is C26H28N2O6S. The SMILES string of the molecule is COc1ccc(COC(=O)C2=C(C)[C@@H](OC(C)C)S[C@H]3[C@@H](NC(=O)c4ccccc4)C(=O)N23)cc1. The summed E-state index contributed by atoms with van der Waals surface area (Å²) in [5, 5.41) is 2.32. The van der Waals surface area contributed by atoms with E-state index in [4.69, 9.17) is 14.2 Å². The molecule has 0 unspecified atom stereocenters. The zero-order chi connectivity index (χ0) is 25.1. The van der Waals surface area contributed by atoms with Crippen LogP contribution in [0.4, 0.5) is 0 Å². The molecule has 2 aliphatic rings. The lowest BCUT2D eigenvalue weighted by Gasteiger charge is -2.51. The van der Waals surface area contributed by atoms with Crippen LogP contribution in [0, 0.1) is 0 Å². The topological polar surface area (TPSA) is 94.2 Å². The molecule has 2 aromatic carbocycles. The van der Waals surface area contributed by atoms with Crippen LogP contribution in [0.3, 0.4) is 0 Å². The zero-order valence-electron chi connectivity index (χ0n) is 20.0. The summed E-state index contributed by atoms with van der Waals surface area (Å²) in [6.07, 6.45) is -0.0984. The summed E-state index contributed by atoms with van der Waals surface area (Å²) in [6.45, 7) is 5.62. The lowest BCUT2D eigenvalue weighted by molar-refractivity contribution is -0.152. The molecular weight excluding hydrogens is 468 g/mol. The molecule has 1 fully saturated rings. The van der Waals surface area contributed by atoms with Crippen molar-refractivity contribution in [2.24, 2.45) is 0 Å². The number of fused-ring (bicyclic) bond motifs is 1. The number of amides is 2. The van der Waals surface area contributed by atoms with Gasteiger partial charge in [0.15, 0.2) is 0 Å². The first-order chi connectivity index (χ1) is 16.8. The van der Waals surface area contributed by atoms with Gasteiger partial charge in [0.2, 0.25) is 0 Å². The maximum atomic E-state index is 13.2. The fourth-order valence-electron chi connectivity index (χ4n) is 3.90. The van der Waals surface area contributed by atoms with Gasteiger partial charge >= 0.3 is 5.97 Å². The standard InChI is InChI=1S/C26H28N2O6S/c1-15(2)34-26-16(3)21(25(31)33-14-17-10-12-19(32-4)13-11-17)28-23(30)20(24(28)35-26)27-22(29)18-8-6-5-7-9-18/h5-13,15,20,24,26H,14H2,1-4H3,(H,27,29)/t20-,24-,26-/m0/s1. The number of nitrogens with one attached hydrogen (secondary N) is 1. The van der Waals surface area contributed by atoms with Crippen molar-refractivity contribution >= 4 is 29.5 Å². The minimum atomic E-state index is -0.775. The summed E-state index contributed by atoms with van der Waals surface area (Å²) in [4.78, 5) is 40.4. The number of methoxy groups -OCH3 is 1. The number of β-lactam (4-membered cyclic amide) rings is 1. The van der Waals surface area contributed by atoms with Gasteiger partial charge in [0.05, 0.1) is 13.2 Å². The lowest BCUT2D eigenvalue weighted by atomic mass is 10.0. The molecule has 2 aliphatic heterocycles. The van der Waals surface area contributed by atoms with Crippen LogP contribution in [0.15, 0.2) is 65.9 Å². The van der Waals surface area contributed by atoms with Crippen molar-refractivity contribution < 1.29 is 28.6 Å². The van der Waals surface area contributed by atoms with Crippen molar-refractivity contribution in [2.45, 2.75) is 50.3 Å². The number of hydrogen-bond donors (Lipinski definition) is 1. The minimum Gasteiger partial charge on any atom is -0.497 e. The number of carbonyl (C=O) groups is 3. The molecule has 9 heteroatoms. The van der Waals surface area contributed by atoms with Crippen LogP contribution in [-0.4, -0.2) is 52.7 Å². The highest BCUT2D eigenvalue weighted by molar-refractivity contribution is 8.00. The van der Waals surface area contributed by atoms with Gasteiger partial charge in [-0.1, -0.05) is 42.1 Å². The fourth-order valence-corrected chi connectivity index (χ4v) is 5.43. The quantitative estimate of drug-likeness (QED) is 0.442. The second-order valence-electron chi connectivity index (χ2n) is 8.52. The maximum Gasteiger partial charge on any atom is 0.355 e. The number of hydrogen-bond acceptors (Lipinski definition) is 7. The maximum absolute atomic E-state index is 13.2. The molecule has 0 aliphatic carbocycles. The molecule has 3 atom stereocenters. The van der Waals surface area contributed by atoms with Crippen LogP contribution in [0.2, 0.25) is 0 Å². The van der Waals surface area contributed by atoms with E-state index in [0.717, 1.165) is 5.56 Å². The second kappa shape index (κ2) is 10.5. The average molecular weight is 497 g/mol. The van der Waals surface area contributed by atoms with E-state index < -0.39 is 22.8 Å². The van der Waals surface area contributed by atoms with Crippen molar-refractivity contribution in [2.75, 3.05) is 7.11 Å².